The molecule has 5 rings (SSSR count). The molecule has 2 amide bonds. The van der Waals surface area contributed by atoms with Crippen LogP contribution in [0.25, 0.3) is 5.57 Å². The molecule has 0 unspecified atom stereocenters. The smallest absolute Gasteiger partial charge is 0.282 e. The number of anilines is 2. The number of nitrogens with zero attached hydrogens (tertiary/aromatic N) is 3. The zero-order chi connectivity index (χ0) is 23.8. The van der Waals surface area contributed by atoms with Crippen LogP contribution in [0.3, 0.4) is 0 Å². The van der Waals surface area contributed by atoms with Gasteiger partial charge in [-0.2, -0.15) is 0 Å². The van der Waals surface area contributed by atoms with Crippen LogP contribution < -0.4 is 9.80 Å². The number of amides is 2. The number of hydrogen-bond donors (Lipinski definition) is 0. The summed E-state index contributed by atoms with van der Waals surface area (Å²) in [4.78, 5) is 33.2. The zero-order valence-electron chi connectivity index (χ0n) is 19.9. The first-order chi connectivity index (χ1) is 16.4. The highest BCUT2D eigenvalue weighted by Gasteiger charge is 2.43. The maximum absolute atomic E-state index is 13.8. The van der Waals surface area contributed by atoms with E-state index in [0.717, 1.165) is 29.8 Å². The summed E-state index contributed by atoms with van der Waals surface area (Å²) < 4.78 is 0. The van der Waals surface area contributed by atoms with Crippen LogP contribution in [0.4, 0.5) is 11.4 Å². The highest BCUT2D eigenvalue weighted by Crippen LogP contribution is 2.35. The fraction of sp³-hybridized carbons (Fsp3) is 0.241. The minimum atomic E-state index is -0.254. The molecule has 0 aliphatic carbocycles. The van der Waals surface area contributed by atoms with E-state index in [0.29, 0.717) is 30.0 Å². The Balaban J connectivity index is 1.50. The van der Waals surface area contributed by atoms with Crippen molar-refractivity contribution in [2.75, 3.05) is 36.0 Å². The second-order valence-electron chi connectivity index (χ2n) is 9.19. The lowest BCUT2D eigenvalue weighted by Crippen LogP contribution is -2.47. The van der Waals surface area contributed by atoms with Crippen LogP contribution in [0.5, 0.6) is 0 Å². The molecule has 1 fully saturated rings. The van der Waals surface area contributed by atoms with E-state index in [9.17, 15) is 9.59 Å². The summed E-state index contributed by atoms with van der Waals surface area (Å²) in [6.45, 7) is 9.03. The Kier molecular flexibility index (Phi) is 5.70. The Labute approximate surface area is 200 Å². The van der Waals surface area contributed by atoms with Gasteiger partial charge in [0, 0.05) is 31.9 Å². The van der Waals surface area contributed by atoms with Gasteiger partial charge in [-0.05, 0) is 61.7 Å². The van der Waals surface area contributed by atoms with Crippen molar-refractivity contribution >= 4 is 28.8 Å². The first kappa shape index (κ1) is 22.0. The van der Waals surface area contributed by atoms with E-state index in [1.54, 1.807) is 0 Å². The summed E-state index contributed by atoms with van der Waals surface area (Å²) in [6.07, 6.45) is 0. The monoisotopic (exact) mass is 451 g/mol. The minimum Gasteiger partial charge on any atom is -0.368 e. The van der Waals surface area contributed by atoms with Crippen LogP contribution in [-0.2, 0) is 9.59 Å². The number of carbonyl (C=O) groups is 2. The molecule has 0 atom stereocenters. The van der Waals surface area contributed by atoms with E-state index < -0.39 is 0 Å². The third kappa shape index (κ3) is 3.98. The third-order valence-corrected chi connectivity index (χ3v) is 6.62. The Hall–Kier alpha value is -3.86. The van der Waals surface area contributed by atoms with Gasteiger partial charge in [-0.25, -0.2) is 4.90 Å². The molecule has 5 heteroatoms. The molecule has 0 radical (unpaired) electrons. The maximum Gasteiger partial charge on any atom is 0.282 e. The van der Waals surface area contributed by atoms with Crippen molar-refractivity contribution in [3.05, 3.63) is 101 Å². The SMILES string of the molecule is Cc1ccc(C2=C(N3CCN(c4cccc(C)c4)CC3)C(=O)N(c3cccc(C)c3)C2=O)cc1. The molecule has 34 heavy (non-hydrogen) atoms. The number of aryl methyl sites for hydroxylation is 3. The normalized spacial score (nSPS) is 16.6. The van der Waals surface area contributed by atoms with Crippen LogP contribution in [0.1, 0.15) is 22.3 Å². The summed E-state index contributed by atoms with van der Waals surface area (Å²) in [6, 6.07) is 23.9. The van der Waals surface area contributed by atoms with Crippen molar-refractivity contribution in [3.63, 3.8) is 0 Å². The van der Waals surface area contributed by atoms with E-state index in [2.05, 4.69) is 41.0 Å². The van der Waals surface area contributed by atoms with Gasteiger partial charge >= 0.3 is 0 Å². The number of carbonyl (C=O) groups excluding carboxylic acids is 2. The van der Waals surface area contributed by atoms with Gasteiger partial charge in [0.1, 0.15) is 5.70 Å². The van der Waals surface area contributed by atoms with Crippen molar-refractivity contribution in [3.8, 4) is 0 Å². The van der Waals surface area contributed by atoms with E-state index in [1.807, 2.05) is 62.4 Å². The lowest BCUT2D eigenvalue weighted by molar-refractivity contribution is -0.120. The summed E-state index contributed by atoms with van der Waals surface area (Å²) >= 11 is 0. The predicted octanol–water partition coefficient (Wildman–Crippen LogP) is 4.72. The summed E-state index contributed by atoms with van der Waals surface area (Å²) in [5.41, 5.74) is 6.97. The number of imide groups is 1. The average Bonchev–Trinajstić information content (AvgIpc) is 3.09. The standard InChI is InChI=1S/C29H29N3O2/c1-20-10-12-23(13-11-20)26-27(29(34)32(28(26)33)25-9-5-7-22(3)19-25)31-16-14-30(15-17-31)24-8-4-6-21(2)18-24/h4-13,18-19H,14-17H2,1-3H3. The van der Waals surface area contributed by atoms with Crippen LogP contribution in [0.2, 0.25) is 0 Å². The van der Waals surface area contributed by atoms with Crippen molar-refractivity contribution in [2.45, 2.75) is 20.8 Å². The Morgan fingerprint density at radius 1 is 0.588 bits per heavy atom. The summed E-state index contributed by atoms with van der Waals surface area (Å²) in [5, 5.41) is 0. The topological polar surface area (TPSA) is 43.9 Å². The molecule has 2 heterocycles. The van der Waals surface area contributed by atoms with Gasteiger partial charge in [0.05, 0.1) is 11.3 Å². The lowest BCUT2D eigenvalue weighted by atomic mass is 10.0. The third-order valence-electron chi connectivity index (χ3n) is 6.62. The van der Waals surface area contributed by atoms with Crippen LogP contribution >= 0.6 is 0 Å². The molecule has 0 N–H and O–H groups in total. The molecule has 0 saturated carbocycles. The molecule has 3 aromatic rings. The number of rotatable bonds is 4. The van der Waals surface area contributed by atoms with Crippen molar-refractivity contribution in [1.82, 2.24) is 4.90 Å². The van der Waals surface area contributed by atoms with Gasteiger partial charge in [0.2, 0.25) is 0 Å². The summed E-state index contributed by atoms with van der Waals surface area (Å²) in [7, 11) is 0. The van der Waals surface area contributed by atoms with E-state index in [1.165, 1.54) is 16.2 Å². The Morgan fingerprint density at radius 2 is 1.15 bits per heavy atom. The maximum atomic E-state index is 13.8. The molecule has 0 aromatic heterocycles. The molecular weight excluding hydrogens is 422 g/mol. The molecule has 5 nitrogen and oxygen atoms in total. The molecule has 0 bridgehead atoms. The number of benzene rings is 3. The lowest BCUT2D eigenvalue weighted by Gasteiger charge is -2.37. The highest BCUT2D eigenvalue weighted by atomic mass is 16.2. The van der Waals surface area contributed by atoms with Gasteiger partial charge in [-0.1, -0.05) is 54.1 Å². The fourth-order valence-electron chi connectivity index (χ4n) is 4.81. The van der Waals surface area contributed by atoms with Crippen LogP contribution in [0, 0.1) is 20.8 Å². The average molecular weight is 452 g/mol. The van der Waals surface area contributed by atoms with E-state index >= 15 is 0 Å². The second kappa shape index (κ2) is 8.82. The van der Waals surface area contributed by atoms with E-state index in [-0.39, 0.29) is 11.8 Å². The molecule has 1 saturated heterocycles. The quantitative estimate of drug-likeness (QED) is 0.539. The van der Waals surface area contributed by atoms with Gasteiger partial charge in [0.25, 0.3) is 11.8 Å². The fourth-order valence-corrected chi connectivity index (χ4v) is 4.81. The van der Waals surface area contributed by atoms with Gasteiger partial charge in [0.15, 0.2) is 0 Å². The molecule has 172 valence electrons. The number of piperazine rings is 1. The van der Waals surface area contributed by atoms with Crippen LogP contribution in [0.15, 0.2) is 78.5 Å². The summed E-state index contributed by atoms with van der Waals surface area (Å²) in [5.74, 6) is -0.495. The number of hydrogen-bond acceptors (Lipinski definition) is 4. The highest BCUT2D eigenvalue weighted by molar-refractivity contribution is 6.45. The van der Waals surface area contributed by atoms with Gasteiger partial charge < -0.3 is 9.80 Å². The van der Waals surface area contributed by atoms with Crippen LogP contribution in [-0.4, -0.2) is 42.9 Å². The molecule has 3 aromatic carbocycles. The molecule has 0 spiro atoms. The second-order valence-corrected chi connectivity index (χ2v) is 9.19. The first-order valence-corrected chi connectivity index (χ1v) is 11.8. The van der Waals surface area contributed by atoms with Crippen molar-refractivity contribution < 1.29 is 9.59 Å². The minimum absolute atomic E-state index is 0.241. The first-order valence-electron chi connectivity index (χ1n) is 11.8. The molecule has 2 aliphatic heterocycles. The van der Waals surface area contributed by atoms with E-state index in [4.69, 9.17) is 0 Å². The predicted molar refractivity (Wildman–Crippen MR) is 137 cm³/mol. The Bertz CT molecular complexity index is 1280. The van der Waals surface area contributed by atoms with Gasteiger partial charge in [-0.3, -0.25) is 9.59 Å². The Morgan fingerprint density at radius 3 is 1.76 bits per heavy atom. The zero-order valence-corrected chi connectivity index (χ0v) is 19.9. The van der Waals surface area contributed by atoms with Gasteiger partial charge in [-0.15, -0.1) is 0 Å². The largest absolute Gasteiger partial charge is 0.368 e. The molecular formula is C29H29N3O2. The van der Waals surface area contributed by atoms with Crippen molar-refractivity contribution in [2.24, 2.45) is 0 Å². The molecule has 2 aliphatic rings. The van der Waals surface area contributed by atoms with Crippen molar-refractivity contribution in [1.29, 1.82) is 0 Å².